The van der Waals surface area contributed by atoms with E-state index >= 15 is 0 Å². The molecule has 0 saturated carbocycles. The summed E-state index contributed by atoms with van der Waals surface area (Å²) in [7, 11) is 1.34. The number of thiazole rings is 1. The molecule has 106 valence electrons. The molecule has 2 aromatic rings. The van der Waals surface area contributed by atoms with Crippen molar-refractivity contribution >= 4 is 28.8 Å². The van der Waals surface area contributed by atoms with Crippen molar-refractivity contribution in [2.45, 2.75) is 19.9 Å². The fourth-order valence-electron chi connectivity index (χ4n) is 1.76. The molecule has 0 radical (unpaired) electrons. The zero-order chi connectivity index (χ0) is 14.5. The summed E-state index contributed by atoms with van der Waals surface area (Å²) in [6.45, 7) is 4.04. The molecule has 1 heterocycles. The third-order valence-electron chi connectivity index (χ3n) is 2.76. The first-order chi connectivity index (χ1) is 9.58. The van der Waals surface area contributed by atoms with Gasteiger partial charge in [0, 0.05) is 16.8 Å². The first kappa shape index (κ1) is 14.3. The Kier molecular flexibility index (Phi) is 4.57. The third-order valence-corrected chi connectivity index (χ3v) is 3.55. The topological polar surface area (TPSA) is 63.2 Å². The molecule has 0 aliphatic carbocycles. The average Bonchev–Trinajstić information content (AvgIpc) is 2.86. The molecule has 1 aromatic heterocycles. The molecule has 2 N–H and O–H groups in total. The van der Waals surface area contributed by atoms with E-state index in [9.17, 15) is 4.79 Å². The Hall–Kier alpha value is -2.08. The summed E-state index contributed by atoms with van der Waals surface area (Å²) in [5.41, 5.74) is 2.61. The highest BCUT2D eigenvalue weighted by Crippen LogP contribution is 2.22. The normalized spacial score (nSPS) is 11.8. The number of benzene rings is 1. The van der Waals surface area contributed by atoms with Crippen LogP contribution in [0.5, 0.6) is 0 Å². The summed E-state index contributed by atoms with van der Waals surface area (Å²) in [5, 5.41) is 9.09. The number of nitrogens with one attached hydrogen (secondary N) is 2. The number of nitrogens with zero attached hydrogens (tertiary/aromatic N) is 1. The summed E-state index contributed by atoms with van der Waals surface area (Å²) in [6.07, 6.45) is -0.481. The Morgan fingerprint density at radius 2 is 2.15 bits per heavy atom. The van der Waals surface area contributed by atoms with E-state index < -0.39 is 6.09 Å². The fourth-order valence-corrected chi connectivity index (χ4v) is 2.46. The van der Waals surface area contributed by atoms with Crippen molar-refractivity contribution in [3.63, 3.8) is 0 Å². The van der Waals surface area contributed by atoms with Gasteiger partial charge in [-0.25, -0.2) is 9.78 Å². The molecule has 0 saturated heterocycles. The van der Waals surface area contributed by atoms with Crippen LogP contribution in [0.15, 0.2) is 29.6 Å². The molecule has 1 atom stereocenters. The molecule has 2 rings (SSSR count). The van der Waals surface area contributed by atoms with Gasteiger partial charge in [-0.3, -0.25) is 5.32 Å². The van der Waals surface area contributed by atoms with Crippen LogP contribution in [-0.2, 0) is 4.74 Å². The number of ether oxygens (including phenoxy) is 1. The molecular weight excluding hydrogens is 274 g/mol. The Morgan fingerprint density at radius 1 is 1.40 bits per heavy atom. The highest BCUT2D eigenvalue weighted by Gasteiger charge is 2.09. The SMILES string of the molecule is COC(=O)Nc1cccc(NC(C)c2csc(C)n2)c1. The van der Waals surface area contributed by atoms with Crippen LogP contribution in [0.3, 0.4) is 0 Å². The Bertz CT molecular complexity index is 598. The molecule has 1 aromatic carbocycles. The lowest BCUT2D eigenvalue weighted by Crippen LogP contribution is -2.11. The van der Waals surface area contributed by atoms with Crippen LogP contribution < -0.4 is 10.6 Å². The van der Waals surface area contributed by atoms with Gasteiger partial charge >= 0.3 is 6.09 Å². The molecule has 5 nitrogen and oxygen atoms in total. The summed E-state index contributed by atoms with van der Waals surface area (Å²) >= 11 is 1.63. The van der Waals surface area contributed by atoms with Crippen molar-refractivity contribution in [3.8, 4) is 0 Å². The first-order valence-corrected chi connectivity index (χ1v) is 7.10. The molecule has 0 aliphatic heterocycles. The van der Waals surface area contributed by atoms with Gasteiger partial charge in [0.2, 0.25) is 0 Å². The zero-order valence-electron chi connectivity index (χ0n) is 11.6. The standard InChI is InChI=1S/C14H17N3O2S/c1-9(13-8-20-10(2)16-13)15-11-5-4-6-12(7-11)17-14(18)19-3/h4-9,15H,1-3H3,(H,17,18). The molecule has 0 aliphatic rings. The van der Waals surface area contributed by atoms with Gasteiger partial charge in [0.15, 0.2) is 0 Å². The van der Waals surface area contributed by atoms with E-state index in [1.165, 1.54) is 7.11 Å². The number of aryl methyl sites for hydroxylation is 1. The van der Waals surface area contributed by atoms with E-state index in [1.54, 1.807) is 17.4 Å². The number of amides is 1. The number of hydrogen-bond donors (Lipinski definition) is 2. The largest absolute Gasteiger partial charge is 0.453 e. The van der Waals surface area contributed by atoms with Crippen LogP contribution in [0, 0.1) is 6.92 Å². The monoisotopic (exact) mass is 291 g/mol. The molecular formula is C14H17N3O2S. The predicted octanol–water partition coefficient (Wildman–Crippen LogP) is 3.80. The number of rotatable bonds is 4. The van der Waals surface area contributed by atoms with Gasteiger partial charge < -0.3 is 10.1 Å². The minimum Gasteiger partial charge on any atom is -0.453 e. The van der Waals surface area contributed by atoms with Crippen molar-refractivity contribution in [1.29, 1.82) is 0 Å². The molecule has 0 fully saturated rings. The molecule has 6 heteroatoms. The second kappa shape index (κ2) is 6.38. The van der Waals surface area contributed by atoms with Crippen molar-refractivity contribution in [2.75, 3.05) is 17.7 Å². The van der Waals surface area contributed by atoms with Crippen LogP contribution in [-0.4, -0.2) is 18.2 Å². The van der Waals surface area contributed by atoms with Gasteiger partial charge in [0.05, 0.1) is 23.9 Å². The average molecular weight is 291 g/mol. The molecule has 0 spiro atoms. The maximum absolute atomic E-state index is 11.2. The molecule has 1 amide bonds. The van der Waals surface area contributed by atoms with Crippen LogP contribution in [0.1, 0.15) is 23.7 Å². The maximum Gasteiger partial charge on any atom is 0.411 e. The Balaban J connectivity index is 2.05. The number of hydrogen-bond acceptors (Lipinski definition) is 5. The number of carbonyl (C=O) groups excluding carboxylic acids is 1. The fraction of sp³-hybridized carbons (Fsp3) is 0.286. The van der Waals surface area contributed by atoms with Crippen LogP contribution in [0.4, 0.5) is 16.2 Å². The minimum atomic E-state index is -0.481. The maximum atomic E-state index is 11.2. The summed E-state index contributed by atoms with van der Waals surface area (Å²) in [4.78, 5) is 15.6. The van der Waals surface area contributed by atoms with Crippen LogP contribution in [0.2, 0.25) is 0 Å². The summed E-state index contributed by atoms with van der Waals surface area (Å²) in [6, 6.07) is 7.57. The predicted molar refractivity (Wildman–Crippen MR) is 81.4 cm³/mol. The minimum absolute atomic E-state index is 0.105. The lowest BCUT2D eigenvalue weighted by atomic mass is 10.2. The van der Waals surface area contributed by atoms with Crippen LogP contribution >= 0.6 is 11.3 Å². The van der Waals surface area contributed by atoms with Gasteiger partial charge in [-0.15, -0.1) is 11.3 Å². The summed E-state index contributed by atoms with van der Waals surface area (Å²) < 4.78 is 4.57. The number of aromatic nitrogens is 1. The van der Waals surface area contributed by atoms with Gasteiger partial charge in [-0.2, -0.15) is 0 Å². The molecule has 20 heavy (non-hydrogen) atoms. The van der Waals surface area contributed by atoms with Crippen molar-refractivity contribution < 1.29 is 9.53 Å². The highest BCUT2D eigenvalue weighted by atomic mass is 32.1. The number of anilines is 2. The highest BCUT2D eigenvalue weighted by molar-refractivity contribution is 7.09. The Labute approximate surface area is 122 Å². The third kappa shape index (κ3) is 3.71. The van der Waals surface area contributed by atoms with Crippen molar-refractivity contribution in [2.24, 2.45) is 0 Å². The van der Waals surface area contributed by atoms with E-state index in [0.29, 0.717) is 5.69 Å². The summed E-state index contributed by atoms with van der Waals surface area (Å²) in [5.74, 6) is 0. The second-order valence-corrected chi connectivity index (χ2v) is 5.42. The number of methoxy groups -OCH3 is 1. The van der Waals surface area contributed by atoms with Crippen molar-refractivity contribution in [3.05, 3.63) is 40.3 Å². The quantitative estimate of drug-likeness (QED) is 0.899. The van der Waals surface area contributed by atoms with E-state index in [1.807, 2.05) is 30.5 Å². The van der Waals surface area contributed by atoms with Crippen LogP contribution in [0.25, 0.3) is 0 Å². The molecule has 0 bridgehead atoms. The second-order valence-electron chi connectivity index (χ2n) is 4.35. The van der Waals surface area contributed by atoms with E-state index in [2.05, 4.69) is 27.3 Å². The van der Waals surface area contributed by atoms with E-state index in [-0.39, 0.29) is 6.04 Å². The Morgan fingerprint density at radius 3 is 2.80 bits per heavy atom. The lowest BCUT2D eigenvalue weighted by molar-refractivity contribution is 0.187. The van der Waals surface area contributed by atoms with Gasteiger partial charge in [0.25, 0.3) is 0 Å². The zero-order valence-corrected chi connectivity index (χ0v) is 12.5. The smallest absolute Gasteiger partial charge is 0.411 e. The number of carbonyl (C=O) groups is 1. The van der Waals surface area contributed by atoms with E-state index in [4.69, 9.17) is 0 Å². The lowest BCUT2D eigenvalue weighted by Gasteiger charge is -2.14. The van der Waals surface area contributed by atoms with Gasteiger partial charge in [-0.05, 0) is 32.0 Å². The van der Waals surface area contributed by atoms with Gasteiger partial charge in [-0.1, -0.05) is 6.07 Å². The van der Waals surface area contributed by atoms with E-state index in [0.717, 1.165) is 16.4 Å². The van der Waals surface area contributed by atoms with Crippen molar-refractivity contribution in [1.82, 2.24) is 4.98 Å². The first-order valence-electron chi connectivity index (χ1n) is 6.22. The van der Waals surface area contributed by atoms with Gasteiger partial charge in [0.1, 0.15) is 0 Å². The molecule has 1 unspecified atom stereocenters.